The third kappa shape index (κ3) is 10.6. The Labute approximate surface area is 193 Å². The highest BCUT2D eigenvalue weighted by Gasteiger charge is 2.34. The number of nitrogens with two attached hydrogens (primary N) is 1. The normalized spacial score (nSPS) is 16.0. The molecule has 5 unspecified atom stereocenters. The number of aliphatic hydroxyl groups is 1. The second-order valence-electron chi connectivity index (χ2n) is 9.20. The number of aliphatic carboxylic acids is 2. The molecule has 0 aromatic heterocycles. The standard InChI is InChI=1S/C21H38N4O8/c1-9(2)7-12(22)17(28)20(31)25-16(11(5)6)19(30)24-15(10(3)4)18(29)23-13(21(32)33)8-14(26)27/h9-13,15-17,28H,7-8,22H2,1-6H3,(H,23,29)(H,24,30)(H,25,31)(H,26,27)(H,32,33). The van der Waals surface area contributed by atoms with Crippen molar-refractivity contribution in [2.24, 2.45) is 23.5 Å². The summed E-state index contributed by atoms with van der Waals surface area (Å²) in [6.07, 6.45) is -1.97. The van der Waals surface area contributed by atoms with Crippen LogP contribution in [0.1, 0.15) is 54.4 Å². The second-order valence-corrected chi connectivity index (χ2v) is 9.20. The van der Waals surface area contributed by atoms with Crippen LogP contribution in [0.4, 0.5) is 0 Å². The van der Waals surface area contributed by atoms with Crippen molar-refractivity contribution in [1.82, 2.24) is 16.0 Å². The van der Waals surface area contributed by atoms with Gasteiger partial charge in [-0.1, -0.05) is 41.5 Å². The lowest BCUT2D eigenvalue weighted by atomic mass is 9.97. The van der Waals surface area contributed by atoms with E-state index in [-0.39, 0.29) is 5.92 Å². The van der Waals surface area contributed by atoms with Crippen LogP contribution in [0, 0.1) is 17.8 Å². The number of hydrogen-bond donors (Lipinski definition) is 7. The predicted molar refractivity (Wildman–Crippen MR) is 119 cm³/mol. The molecule has 190 valence electrons. The van der Waals surface area contributed by atoms with Gasteiger partial charge in [-0.05, 0) is 24.2 Å². The van der Waals surface area contributed by atoms with E-state index in [4.69, 9.17) is 15.9 Å². The van der Waals surface area contributed by atoms with Gasteiger partial charge < -0.3 is 37.0 Å². The Bertz CT molecular complexity index is 710. The topological polar surface area (TPSA) is 208 Å². The maximum atomic E-state index is 12.9. The van der Waals surface area contributed by atoms with E-state index < -0.39 is 78.2 Å². The van der Waals surface area contributed by atoms with Gasteiger partial charge in [0, 0.05) is 6.04 Å². The highest BCUT2D eigenvalue weighted by atomic mass is 16.4. The number of carbonyl (C=O) groups is 5. The minimum atomic E-state index is -1.67. The average Bonchev–Trinajstić information content (AvgIpc) is 2.66. The first kappa shape index (κ1) is 30.3. The first-order valence-electron chi connectivity index (χ1n) is 10.9. The van der Waals surface area contributed by atoms with Gasteiger partial charge in [-0.15, -0.1) is 0 Å². The largest absolute Gasteiger partial charge is 0.481 e. The number of rotatable bonds is 14. The quantitative estimate of drug-likeness (QED) is 0.165. The van der Waals surface area contributed by atoms with Crippen LogP contribution in [0.15, 0.2) is 0 Å². The van der Waals surface area contributed by atoms with Crippen LogP contribution in [-0.2, 0) is 24.0 Å². The maximum Gasteiger partial charge on any atom is 0.326 e. The highest BCUT2D eigenvalue weighted by Crippen LogP contribution is 2.10. The molecule has 0 aliphatic rings. The summed E-state index contributed by atoms with van der Waals surface area (Å²) < 4.78 is 0. The molecule has 0 bridgehead atoms. The van der Waals surface area contributed by atoms with E-state index in [1.54, 1.807) is 27.7 Å². The van der Waals surface area contributed by atoms with Crippen molar-refractivity contribution in [3.63, 3.8) is 0 Å². The van der Waals surface area contributed by atoms with Crippen LogP contribution in [0.3, 0.4) is 0 Å². The van der Waals surface area contributed by atoms with E-state index in [0.717, 1.165) is 0 Å². The molecule has 0 fully saturated rings. The van der Waals surface area contributed by atoms with Gasteiger partial charge in [-0.3, -0.25) is 19.2 Å². The van der Waals surface area contributed by atoms with Gasteiger partial charge >= 0.3 is 11.9 Å². The van der Waals surface area contributed by atoms with Gasteiger partial charge in [0.15, 0.2) is 0 Å². The molecule has 0 rings (SSSR count). The molecule has 0 aliphatic carbocycles. The monoisotopic (exact) mass is 474 g/mol. The van der Waals surface area contributed by atoms with Crippen molar-refractivity contribution in [3.05, 3.63) is 0 Å². The van der Waals surface area contributed by atoms with Crippen molar-refractivity contribution < 1.29 is 39.3 Å². The van der Waals surface area contributed by atoms with Crippen LogP contribution in [0.5, 0.6) is 0 Å². The van der Waals surface area contributed by atoms with E-state index >= 15 is 0 Å². The third-order valence-electron chi connectivity index (χ3n) is 4.90. The molecular weight excluding hydrogens is 436 g/mol. The fourth-order valence-corrected chi connectivity index (χ4v) is 3.06. The molecule has 0 saturated carbocycles. The number of carboxylic acids is 2. The van der Waals surface area contributed by atoms with Crippen molar-refractivity contribution in [3.8, 4) is 0 Å². The molecular formula is C21H38N4O8. The lowest BCUT2D eigenvalue weighted by Crippen LogP contribution is -2.60. The number of carboxylic acid groups (broad SMARTS) is 2. The van der Waals surface area contributed by atoms with Crippen LogP contribution >= 0.6 is 0 Å². The molecule has 12 nitrogen and oxygen atoms in total. The molecule has 12 heteroatoms. The smallest absolute Gasteiger partial charge is 0.326 e. The molecule has 8 N–H and O–H groups in total. The van der Waals surface area contributed by atoms with E-state index in [1.165, 1.54) is 0 Å². The zero-order chi connectivity index (χ0) is 26.0. The molecule has 0 saturated heterocycles. The van der Waals surface area contributed by atoms with Crippen LogP contribution < -0.4 is 21.7 Å². The number of amides is 3. The van der Waals surface area contributed by atoms with Gasteiger partial charge in [0.25, 0.3) is 5.91 Å². The zero-order valence-corrected chi connectivity index (χ0v) is 20.0. The van der Waals surface area contributed by atoms with Crippen LogP contribution in [0.2, 0.25) is 0 Å². The Morgan fingerprint density at radius 3 is 1.55 bits per heavy atom. The fraction of sp³-hybridized carbons (Fsp3) is 0.762. The van der Waals surface area contributed by atoms with E-state index in [1.807, 2.05) is 13.8 Å². The SMILES string of the molecule is CC(C)CC(N)C(O)C(=O)NC(C(=O)NC(C(=O)NC(CC(=O)O)C(=O)O)C(C)C)C(C)C. The minimum Gasteiger partial charge on any atom is -0.481 e. The summed E-state index contributed by atoms with van der Waals surface area (Å²) in [5.41, 5.74) is 5.86. The van der Waals surface area contributed by atoms with Gasteiger partial charge in [-0.25, -0.2) is 4.79 Å². The van der Waals surface area contributed by atoms with Gasteiger partial charge in [-0.2, -0.15) is 0 Å². The molecule has 0 aromatic carbocycles. The summed E-state index contributed by atoms with van der Waals surface area (Å²) in [5.74, 6) is -6.12. The van der Waals surface area contributed by atoms with E-state index in [2.05, 4.69) is 16.0 Å². The van der Waals surface area contributed by atoms with E-state index in [0.29, 0.717) is 6.42 Å². The van der Waals surface area contributed by atoms with Crippen molar-refractivity contribution >= 4 is 29.7 Å². The number of hydrogen-bond acceptors (Lipinski definition) is 7. The second kappa shape index (κ2) is 13.7. The number of aliphatic hydroxyl groups excluding tert-OH is 1. The molecule has 0 spiro atoms. The van der Waals surface area contributed by atoms with Gasteiger partial charge in [0.1, 0.15) is 24.2 Å². The zero-order valence-electron chi connectivity index (χ0n) is 20.0. The van der Waals surface area contributed by atoms with E-state index in [9.17, 15) is 29.1 Å². The molecule has 5 atom stereocenters. The Hall–Kier alpha value is -2.73. The van der Waals surface area contributed by atoms with Crippen molar-refractivity contribution in [1.29, 1.82) is 0 Å². The van der Waals surface area contributed by atoms with Crippen LogP contribution in [0.25, 0.3) is 0 Å². The molecule has 0 radical (unpaired) electrons. The molecule has 33 heavy (non-hydrogen) atoms. The third-order valence-corrected chi connectivity index (χ3v) is 4.90. The first-order valence-corrected chi connectivity index (χ1v) is 10.9. The Kier molecular flexibility index (Phi) is 12.6. The maximum absolute atomic E-state index is 12.9. The Morgan fingerprint density at radius 1 is 0.758 bits per heavy atom. The molecule has 0 aromatic rings. The molecule has 3 amide bonds. The van der Waals surface area contributed by atoms with Crippen LogP contribution in [-0.4, -0.2) is 75.3 Å². The number of carbonyl (C=O) groups excluding carboxylic acids is 3. The highest BCUT2D eigenvalue weighted by molar-refractivity contribution is 5.94. The van der Waals surface area contributed by atoms with Gasteiger partial charge in [0.05, 0.1) is 6.42 Å². The average molecular weight is 475 g/mol. The summed E-state index contributed by atoms with van der Waals surface area (Å²) in [4.78, 5) is 60.0. The molecule has 0 aliphatic heterocycles. The Balaban J connectivity index is 5.41. The fourth-order valence-electron chi connectivity index (χ4n) is 3.06. The minimum absolute atomic E-state index is 0.146. The number of nitrogens with one attached hydrogen (secondary N) is 3. The molecule has 0 heterocycles. The summed E-state index contributed by atoms with van der Waals surface area (Å²) >= 11 is 0. The van der Waals surface area contributed by atoms with Gasteiger partial charge in [0.2, 0.25) is 11.8 Å². The summed E-state index contributed by atoms with van der Waals surface area (Å²) in [6.45, 7) is 10.3. The first-order chi connectivity index (χ1) is 15.1. The lowest BCUT2D eigenvalue weighted by molar-refractivity contribution is -0.147. The summed E-state index contributed by atoms with van der Waals surface area (Å²) in [6, 6.07) is -4.80. The van der Waals surface area contributed by atoms with Crippen molar-refractivity contribution in [2.75, 3.05) is 0 Å². The van der Waals surface area contributed by atoms with Crippen molar-refractivity contribution in [2.45, 2.75) is 84.7 Å². The lowest BCUT2D eigenvalue weighted by Gasteiger charge is -2.29. The predicted octanol–water partition coefficient (Wildman–Crippen LogP) is -0.954. The summed E-state index contributed by atoms with van der Waals surface area (Å²) in [5, 5.41) is 35.2. The Morgan fingerprint density at radius 2 is 1.18 bits per heavy atom. The summed E-state index contributed by atoms with van der Waals surface area (Å²) in [7, 11) is 0.